The fourth-order valence-corrected chi connectivity index (χ4v) is 3.43. The Morgan fingerprint density at radius 3 is 2.47 bits per heavy atom. The molecular formula is C25H32N3O2. The molecule has 0 saturated heterocycles. The van der Waals surface area contributed by atoms with E-state index in [-0.39, 0.29) is 0 Å². The van der Waals surface area contributed by atoms with E-state index in [4.69, 9.17) is 9.26 Å². The van der Waals surface area contributed by atoms with Crippen molar-refractivity contribution in [3.05, 3.63) is 65.5 Å². The van der Waals surface area contributed by atoms with Crippen molar-refractivity contribution < 1.29 is 9.26 Å². The summed E-state index contributed by atoms with van der Waals surface area (Å²) in [7, 11) is 1.69. The number of hydrogen-bond acceptors (Lipinski definition) is 4. The molecule has 0 amide bonds. The second-order valence-corrected chi connectivity index (χ2v) is 7.58. The van der Waals surface area contributed by atoms with Crippen LogP contribution in [0.15, 0.2) is 53.1 Å². The van der Waals surface area contributed by atoms with Crippen molar-refractivity contribution >= 4 is 0 Å². The van der Waals surface area contributed by atoms with Gasteiger partial charge in [0.05, 0.1) is 7.11 Å². The molecule has 0 aliphatic heterocycles. The third-order valence-corrected chi connectivity index (χ3v) is 5.19. The SMILES string of the molecule is CCCCCCCCc1noc(-c2ccc(C[N]Cc3ccccc3OC)cc2)n1. The van der Waals surface area contributed by atoms with Gasteiger partial charge in [-0.1, -0.05) is 74.5 Å². The van der Waals surface area contributed by atoms with Crippen LogP contribution in [0.25, 0.3) is 11.5 Å². The highest BCUT2D eigenvalue weighted by atomic mass is 16.5. The monoisotopic (exact) mass is 406 g/mol. The number of hydrogen-bond donors (Lipinski definition) is 0. The zero-order chi connectivity index (χ0) is 21.0. The molecule has 0 bridgehead atoms. The molecule has 0 spiro atoms. The summed E-state index contributed by atoms with van der Waals surface area (Å²) in [5.74, 6) is 2.27. The molecule has 0 atom stereocenters. The summed E-state index contributed by atoms with van der Waals surface area (Å²) in [6.07, 6.45) is 8.47. The number of nitrogens with zero attached hydrogens (tertiary/aromatic N) is 3. The van der Waals surface area contributed by atoms with E-state index < -0.39 is 0 Å². The maximum atomic E-state index is 5.45. The van der Waals surface area contributed by atoms with Gasteiger partial charge in [-0.2, -0.15) is 4.98 Å². The lowest BCUT2D eigenvalue weighted by Crippen LogP contribution is -2.06. The third kappa shape index (κ3) is 6.70. The topological polar surface area (TPSA) is 62.2 Å². The Bertz CT molecular complexity index is 874. The molecule has 0 aliphatic rings. The molecule has 0 unspecified atom stereocenters. The van der Waals surface area contributed by atoms with Crippen LogP contribution in [0, 0.1) is 0 Å². The predicted octanol–water partition coefficient (Wildman–Crippen LogP) is 5.95. The van der Waals surface area contributed by atoms with Crippen molar-refractivity contribution in [1.82, 2.24) is 15.5 Å². The molecule has 3 rings (SSSR count). The molecule has 0 saturated carbocycles. The van der Waals surface area contributed by atoms with Crippen LogP contribution in [0.1, 0.15) is 62.4 Å². The largest absolute Gasteiger partial charge is 0.496 e. The van der Waals surface area contributed by atoms with Gasteiger partial charge in [-0.05, 0) is 30.2 Å². The van der Waals surface area contributed by atoms with Gasteiger partial charge in [0.1, 0.15) is 5.75 Å². The number of rotatable bonds is 13. The van der Waals surface area contributed by atoms with E-state index in [2.05, 4.69) is 34.5 Å². The molecule has 5 heteroatoms. The second kappa shape index (κ2) is 12.1. The van der Waals surface area contributed by atoms with Gasteiger partial charge >= 0.3 is 0 Å². The first-order valence-electron chi connectivity index (χ1n) is 11.0. The predicted molar refractivity (Wildman–Crippen MR) is 119 cm³/mol. The van der Waals surface area contributed by atoms with Gasteiger partial charge in [-0.15, -0.1) is 0 Å². The first kappa shape index (κ1) is 22.0. The zero-order valence-corrected chi connectivity index (χ0v) is 18.1. The minimum absolute atomic E-state index is 0.591. The number of para-hydroxylation sites is 1. The number of unbranched alkanes of at least 4 members (excludes halogenated alkanes) is 5. The highest BCUT2D eigenvalue weighted by Gasteiger charge is 2.09. The Labute approximate surface area is 179 Å². The van der Waals surface area contributed by atoms with Crippen molar-refractivity contribution in [1.29, 1.82) is 0 Å². The van der Waals surface area contributed by atoms with E-state index >= 15 is 0 Å². The van der Waals surface area contributed by atoms with E-state index in [0.717, 1.165) is 41.1 Å². The van der Waals surface area contributed by atoms with E-state index in [9.17, 15) is 0 Å². The van der Waals surface area contributed by atoms with Crippen LogP contribution in [0.2, 0.25) is 0 Å². The molecule has 1 aromatic heterocycles. The van der Waals surface area contributed by atoms with Crippen molar-refractivity contribution in [3.63, 3.8) is 0 Å². The summed E-state index contributed by atoms with van der Waals surface area (Å²) in [6, 6.07) is 16.2. The van der Waals surface area contributed by atoms with Crippen molar-refractivity contribution in [2.45, 2.75) is 65.0 Å². The van der Waals surface area contributed by atoms with Crippen molar-refractivity contribution in [3.8, 4) is 17.2 Å². The van der Waals surface area contributed by atoms with E-state index in [1.807, 2.05) is 36.4 Å². The lowest BCUT2D eigenvalue weighted by Gasteiger charge is -2.08. The number of methoxy groups -OCH3 is 1. The average Bonchev–Trinajstić information content (AvgIpc) is 3.26. The zero-order valence-electron chi connectivity index (χ0n) is 18.1. The third-order valence-electron chi connectivity index (χ3n) is 5.19. The van der Waals surface area contributed by atoms with Crippen LogP contribution >= 0.6 is 0 Å². The Morgan fingerprint density at radius 1 is 0.900 bits per heavy atom. The molecule has 0 N–H and O–H groups in total. The average molecular weight is 407 g/mol. The van der Waals surface area contributed by atoms with Gasteiger partial charge in [-0.25, -0.2) is 5.32 Å². The maximum absolute atomic E-state index is 5.45. The summed E-state index contributed by atoms with van der Waals surface area (Å²) in [5, 5.41) is 8.79. The number of aryl methyl sites for hydroxylation is 1. The molecule has 159 valence electrons. The van der Waals surface area contributed by atoms with Crippen molar-refractivity contribution in [2.75, 3.05) is 7.11 Å². The van der Waals surface area contributed by atoms with Gasteiger partial charge < -0.3 is 9.26 Å². The Kier molecular flexibility index (Phi) is 8.91. The molecule has 1 heterocycles. The van der Waals surface area contributed by atoms with Crippen LogP contribution in [0.4, 0.5) is 0 Å². The summed E-state index contributed by atoms with van der Waals surface area (Å²) in [4.78, 5) is 4.55. The van der Waals surface area contributed by atoms with E-state index in [0.29, 0.717) is 19.0 Å². The minimum atomic E-state index is 0.591. The summed E-state index contributed by atoms with van der Waals surface area (Å²) < 4.78 is 10.8. The highest BCUT2D eigenvalue weighted by molar-refractivity contribution is 5.53. The van der Waals surface area contributed by atoms with E-state index in [1.165, 1.54) is 32.1 Å². The number of ether oxygens (including phenoxy) is 1. The minimum Gasteiger partial charge on any atom is -0.496 e. The van der Waals surface area contributed by atoms with Crippen LogP contribution < -0.4 is 10.1 Å². The Balaban J connectivity index is 1.44. The smallest absolute Gasteiger partial charge is 0.257 e. The maximum Gasteiger partial charge on any atom is 0.257 e. The van der Waals surface area contributed by atoms with Gasteiger partial charge in [0, 0.05) is 30.6 Å². The summed E-state index contributed by atoms with van der Waals surface area (Å²) in [5.41, 5.74) is 3.20. The highest BCUT2D eigenvalue weighted by Crippen LogP contribution is 2.20. The van der Waals surface area contributed by atoms with Gasteiger partial charge in [0.25, 0.3) is 5.89 Å². The fourth-order valence-electron chi connectivity index (χ4n) is 3.43. The summed E-state index contributed by atoms with van der Waals surface area (Å²) >= 11 is 0. The second-order valence-electron chi connectivity index (χ2n) is 7.58. The first-order valence-corrected chi connectivity index (χ1v) is 11.0. The molecule has 5 nitrogen and oxygen atoms in total. The normalized spacial score (nSPS) is 11.0. The molecule has 30 heavy (non-hydrogen) atoms. The van der Waals surface area contributed by atoms with Gasteiger partial charge in [-0.3, -0.25) is 0 Å². The quantitative estimate of drug-likeness (QED) is 0.329. The Hall–Kier alpha value is -2.66. The lowest BCUT2D eigenvalue weighted by molar-refractivity contribution is 0.407. The molecule has 1 radical (unpaired) electrons. The molecule has 3 aromatic rings. The molecule has 0 aliphatic carbocycles. The molecule has 2 aromatic carbocycles. The molecule has 0 fully saturated rings. The Morgan fingerprint density at radius 2 is 1.67 bits per heavy atom. The van der Waals surface area contributed by atoms with Crippen LogP contribution in [0.5, 0.6) is 5.75 Å². The summed E-state index contributed by atoms with van der Waals surface area (Å²) in [6.45, 7) is 3.53. The number of aromatic nitrogens is 2. The first-order chi connectivity index (χ1) is 14.8. The fraction of sp³-hybridized carbons (Fsp3) is 0.440. The van der Waals surface area contributed by atoms with Crippen LogP contribution in [0.3, 0.4) is 0 Å². The lowest BCUT2D eigenvalue weighted by atomic mass is 10.1. The van der Waals surface area contributed by atoms with Gasteiger partial charge in [0.15, 0.2) is 5.82 Å². The van der Waals surface area contributed by atoms with Crippen molar-refractivity contribution in [2.24, 2.45) is 0 Å². The van der Waals surface area contributed by atoms with E-state index in [1.54, 1.807) is 7.11 Å². The van der Waals surface area contributed by atoms with Gasteiger partial charge in [0.2, 0.25) is 0 Å². The standard InChI is InChI=1S/C25H32N3O2/c1-3-4-5-6-7-8-13-24-27-25(30-28-24)21-16-14-20(15-17-21)18-26-19-22-11-9-10-12-23(22)29-2/h9-12,14-17H,3-8,13,18-19H2,1-2H3. The van der Waals surface area contributed by atoms with Crippen LogP contribution in [-0.2, 0) is 19.5 Å². The molecular weight excluding hydrogens is 374 g/mol. The number of benzene rings is 2. The van der Waals surface area contributed by atoms with Crippen LogP contribution in [-0.4, -0.2) is 17.3 Å².